The molecule has 1 N–H and O–H groups in total. The van der Waals surface area contributed by atoms with E-state index in [1.807, 2.05) is 0 Å². The third-order valence-corrected chi connectivity index (χ3v) is 8.14. The summed E-state index contributed by atoms with van der Waals surface area (Å²) >= 11 is 0. The van der Waals surface area contributed by atoms with E-state index in [1.165, 1.54) is 160 Å². The molecule has 0 saturated heterocycles. The van der Waals surface area contributed by atoms with Crippen LogP contribution in [0.1, 0.15) is 200 Å². The van der Waals surface area contributed by atoms with E-state index in [1.54, 1.807) is 0 Å². The highest BCUT2D eigenvalue weighted by atomic mass is 15.1. The topological polar surface area (TPSA) is 19.7 Å². The first-order valence-electron chi connectivity index (χ1n) is 16.3. The Balaban J connectivity index is 2.43. The quantitative estimate of drug-likeness (QED) is 0.0985. The minimum Gasteiger partial charge on any atom is -0.247 e. The van der Waals surface area contributed by atoms with E-state index in [4.69, 9.17) is 0 Å². The Bertz CT molecular complexity index is 549. The first-order chi connectivity index (χ1) is 17.2. The number of aromatic nitrogens is 2. The first kappa shape index (κ1) is 32.2. The van der Waals surface area contributed by atoms with Gasteiger partial charge >= 0.3 is 0 Å². The number of rotatable bonds is 26. The van der Waals surface area contributed by atoms with E-state index in [0.717, 1.165) is 0 Å². The number of aromatic amines is 1. The fourth-order valence-electron chi connectivity index (χ4n) is 5.72. The number of unbranched alkanes of at least 4 members (excludes halogenated alkanes) is 18. The number of hydrogen-bond donors (Lipinski definition) is 1. The zero-order chi connectivity index (χ0) is 25.4. The van der Waals surface area contributed by atoms with Crippen molar-refractivity contribution in [2.24, 2.45) is 0 Å². The molecule has 0 radical (unpaired) electrons. The van der Waals surface area contributed by atoms with Crippen LogP contribution < -0.4 is 4.57 Å². The van der Waals surface area contributed by atoms with Gasteiger partial charge in [-0.3, -0.25) is 0 Å². The maximum Gasteiger partial charge on any atom is 0.257 e. The Morgan fingerprint density at radius 1 is 0.543 bits per heavy atom. The fraction of sp³-hybridized carbons (Fsp3) is 0.909. The highest BCUT2D eigenvalue weighted by Gasteiger charge is 2.25. The summed E-state index contributed by atoms with van der Waals surface area (Å²) in [6.07, 6.45) is 38.3. The van der Waals surface area contributed by atoms with Crippen molar-refractivity contribution in [3.63, 3.8) is 0 Å². The Hall–Kier alpha value is -0.790. The van der Waals surface area contributed by atoms with Gasteiger partial charge in [0.05, 0.1) is 12.0 Å². The van der Waals surface area contributed by atoms with Crippen molar-refractivity contribution < 1.29 is 4.57 Å². The molecular formula is C33H65N2+. The lowest BCUT2D eigenvalue weighted by Crippen LogP contribution is -2.41. The molecule has 1 heterocycles. The smallest absolute Gasteiger partial charge is 0.247 e. The van der Waals surface area contributed by atoms with Crippen LogP contribution in [-0.4, -0.2) is 4.98 Å². The molecular weight excluding hydrogens is 424 g/mol. The molecule has 0 fully saturated rings. The lowest BCUT2D eigenvalue weighted by molar-refractivity contribution is -0.727. The number of hydrogen-bond acceptors (Lipinski definition) is 0. The van der Waals surface area contributed by atoms with E-state index in [-0.39, 0.29) is 0 Å². The third kappa shape index (κ3) is 16.6. The van der Waals surface area contributed by atoms with Gasteiger partial charge in [0.15, 0.2) is 0 Å². The first-order valence-corrected chi connectivity index (χ1v) is 16.3. The van der Waals surface area contributed by atoms with E-state index >= 15 is 0 Å². The van der Waals surface area contributed by atoms with Crippen LogP contribution in [0.4, 0.5) is 0 Å². The number of nitrogens with zero attached hydrogens (tertiary/aromatic N) is 1. The molecule has 2 atom stereocenters. The number of nitrogens with one attached hydrogen (secondary N) is 1. The average Bonchev–Trinajstić information content (AvgIpc) is 3.35. The maximum atomic E-state index is 3.70. The van der Waals surface area contributed by atoms with Crippen LogP contribution in [0.15, 0.2) is 12.4 Å². The van der Waals surface area contributed by atoms with E-state index in [9.17, 15) is 0 Å². The Morgan fingerprint density at radius 2 is 0.914 bits per heavy atom. The van der Waals surface area contributed by atoms with Gasteiger partial charge in [-0.25, -0.2) is 9.55 Å². The zero-order valence-corrected chi connectivity index (χ0v) is 24.7. The van der Waals surface area contributed by atoms with E-state index < -0.39 is 0 Å². The summed E-state index contributed by atoms with van der Waals surface area (Å²) in [6.45, 7) is 9.38. The van der Waals surface area contributed by atoms with Gasteiger partial charge in [-0.2, -0.15) is 0 Å². The molecule has 2 unspecified atom stereocenters. The van der Waals surface area contributed by atoms with Gasteiger partial charge < -0.3 is 0 Å². The SMILES string of the molecule is CCCCCCCCCCCCCC(CCCCCCC)c1[nH]cc[n+]1C(C)CCCCCCC. The molecule has 1 aromatic rings. The monoisotopic (exact) mass is 490 g/mol. The van der Waals surface area contributed by atoms with Crippen LogP contribution in [0.3, 0.4) is 0 Å². The molecule has 1 rings (SSSR count). The fourth-order valence-corrected chi connectivity index (χ4v) is 5.72. The zero-order valence-electron chi connectivity index (χ0n) is 24.7. The molecule has 0 amide bonds. The minimum atomic E-state index is 0.623. The van der Waals surface area contributed by atoms with Crippen LogP contribution in [-0.2, 0) is 0 Å². The lowest BCUT2D eigenvalue weighted by Gasteiger charge is -2.17. The minimum absolute atomic E-state index is 0.623. The highest BCUT2D eigenvalue weighted by Crippen LogP contribution is 2.27. The maximum absolute atomic E-state index is 3.70. The van der Waals surface area contributed by atoms with E-state index in [2.05, 4.69) is 49.6 Å². The molecule has 0 bridgehead atoms. The van der Waals surface area contributed by atoms with Gasteiger partial charge in [-0.1, -0.05) is 149 Å². The molecule has 0 spiro atoms. The summed E-state index contributed by atoms with van der Waals surface area (Å²) < 4.78 is 2.61. The second kappa shape index (κ2) is 23.6. The van der Waals surface area contributed by atoms with Crippen LogP contribution in [0.5, 0.6) is 0 Å². The van der Waals surface area contributed by atoms with Gasteiger partial charge in [0.2, 0.25) is 0 Å². The molecule has 1 aromatic heterocycles. The van der Waals surface area contributed by atoms with Crippen molar-refractivity contribution in [2.75, 3.05) is 0 Å². The molecule has 206 valence electrons. The van der Waals surface area contributed by atoms with Crippen molar-refractivity contribution >= 4 is 0 Å². The standard InChI is InChI=1S/C33H64N2/c1-5-8-11-14-15-16-17-18-19-22-25-28-32(27-24-21-13-10-7-3)33-34-29-30-35(33)31(4)26-23-20-12-9-6-2/h29-32H,5-28H2,1-4H3/p+1. The van der Waals surface area contributed by atoms with Crippen LogP contribution in [0, 0.1) is 0 Å². The van der Waals surface area contributed by atoms with Gasteiger partial charge in [-0.15, -0.1) is 0 Å². The Morgan fingerprint density at radius 3 is 1.34 bits per heavy atom. The summed E-state index contributed by atoms with van der Waals surface area (Å²) in [5.74, 6) is 2.24. The van der Waals surface area contributed by atoms with Crippen LogP contribution in [0.2, 0.25) is 0 Å². The summed E-state index contributed by atoms with van der Waals surface area (Å²) in [7, 11) is 0. The van der Waals surface area contributed by atoms with Crippen molar-refractivity contribution in [1.82, 2.24) is 4.98 Å². The number of H-pyrrole nitrogens is 1. The van der Waals surface area contributed by atoms with Crippen molar-refractivity contribution in [2.45, 2.75) is 194 Å². The van der Waals surface area contributed by atoms with Gasteiger partial charge in [-0.05, 0) is 32.6 Å². The summed E-state index contributed by atoms with van der Waals surface area (Å²) in [4.78, 5) is 3.70. The summed E-state index contributed by atoms with van der Waals surface area (Å²) in [6, 6.07) is 0.623. The molecule has 35 heavy (non-hydrogen) atoms. The van der Waals surface area contributed by atoms with Crippen molar-refractivity contribution in [3.8, 4) is 0 Å². The van der Waals surface area contributed by atoms with Crippen molar-refractivity contribution in [1.29, 1.82) is 0 Å². The second-order valence-electron chi connectivity index (χ2n) is 11.5. The number of imidazole rings is 1. The lowest BCUT2D eigenvalue weighted by atomic mass is 9.93. The normalized spacial score (nSPS) is 13.4. The second-order valence-corrected chi connectivity index (χ2v) is 11.5. The van der Waals surface area contributed by atoms with Gasteiger partial charge in [0, 0.05) is 0 Å². The molecule has 0 aliphatic carbocycles. The van der Waals surface area contributed by atoms with Crippen LogP contribution >= 0.6 is 0 Å². The van der Waals surface area contributed by atoms with Crippen molar-refractivity contribution in [3.05, 3.63) is 18.2 Å². The van der Waals surface area contributed by atoms with Gasteiger partial charge in [0.25, 0.3) is 5.82 Å². The third-order valence-electron chi connectivity index (χ3n) is 8.14. The molecule has 0 aromatic carbocycles. The molecule has 0 aliphatic rings. The predicted molar refractivity (Wildman–Crippen MR) is 156 cm³/mol. The largest absolute Gasteiger partial charge is 0.257 e. The van der Waals surface area contributed by atoms with E-state index in [0.29, 0.717) is 12.0 Å². The highest BCUT2D eigenvalue weighted by molar-refractivity contribution is 4.90. The Kier molecular flexibility index (Phi) is 21.7. The summed E-state index contributed by atoms with van der Waals surface area (Å²) in [5, 5.41) is 0. The molecule has 0 aliphatic heterocycles. The molecule has 2 nitrogen and oxygen atoms in total. The Labute approximate surface area is 221 Å². The van der Waals surface area contributed by atoms with Crippen LogP contribution in [0.25, 0.3) is 0 Å². The molecule has 0 saturated carbocycles. The van der Waals surface area contributed by atoms with Gasteiger partial charge in [0.1, 0.15) is 12.4 Å². The summed E-state index contributed by atoms with van der Waals surface area (Å²) in [5.41, 5.74) is 0. The average molecular weight is 490 g/mol. The molecule has 2 heteroatoms. The predicted octanol–water partition coefficient (Wildman–Crippen LogP) is 11.4.